The first-order chi connectivity index (χ1) is 12.1. The molecule has 0 atom stereocenters. The molecule has 6 heteroatoms. The minimum atomic E-state index is -0.0323. The maximum absolute atomic E-state index is 12.2. The Labute approximate surface area is 165 Å². The first kappa shape index (κ1) is 20.7. The molecule has 1 saturated carbocycles. The van der Waals surface area contributed by atoms with E-state index in [0.29, 0.717) is 13.0 Å². The second-order valence-electron chi connectivity index (χ2n) is 6.87. The van der Waals surface area contributed by atoms with E-state index in [-0.39, 0.29) is 29.8 Å². The second-order valence-corrected chi connectivity index (χ2v) is 7.31. The van der Waals surface area contributed by atoms with Gasteiger partial charge in [0.1, 0.15) is 0 Å². The summed E-state index contributed by atoms with van der Waals surface area (Å²) >= 11 is 6.15. The van der Waals surface area contributed by atoms with Gasteiger partial charge in [-0.3, -0.25) is 9.78 Å². The highest BCUT2D eigenvalue weighted by molar-refractivity contribution is 6.30. The monoisotopic (exact) mass is 393 g/mol. The number of halogens is 2. The van der Waals surface area contributed by atoms with E-state index in [2.05, 4.69) is 16.4 Å². The van der Waals surface area contributed by atoms with Crippen molar-refractivity contribution in [3.8, 4) is 0 Å². The minimum absolute atomic E-state index is 0. The number of aromatic nitrogens is 1. The van der Waals surface area contributed by atoms with Gasteiger partial charge in [0.15, 0.2) is 0 Å². The molecular weight excluding hydrogens is 369 g/mol. The Morgan fingerprint density at radius 2 is 2.04 bits per heavy atom. The zero-order chi connectivity index (χ0) is 17.7. The number of carbonyl (C=O) groups is 1. The molecule has 1 fully saturated rings. The van der Waals surface area contributed by atoms with Gasteiger partial charge in [-0.2, -0.15) is 0 Å². The molecule has 3 N–H and O–H groups in total. The number of carbonyl (C=O) groups excluding carboxylic acids is 1. The van der Waals surface area contributed by atoms with Gasteiger partial charge in [-0.1, -0.05) is 29.8 Å². The van der Waals surface area contributed by atoms with Crippen LogP contribution in [0.4, 0.5) is 0 Å². The largest absolute Gasteiger partial charge is 0.353 e. The molecule has 26 heavy (non-hydrogen) atoms. The molecular formula is C20H25Cl2N3O. The van der Waals surface area contributed by atoms with Crippen molar-refractivity contribution < 1.29 is 4.79 Å². The van der Waals surface area contributed by atoms with Gasteiger partial charge in [-0.15, -0.1) is 12.4 Å². The molecule has 0 spiro atoms. The van der Waals surface area contributed by atoms with Crippen LogP contribution < -0.4 is 11.1 Å². The fourth-order valence-corrected chi connectivity index (χ4v) is 3.90. The number of nitrogens with one attached hydrogen (secondary N) is 1. The first-order valence-electron chi connectivity index (χ1n) is 8.76. The highest BCUT2D eigenvalue weighted by Crippen LogP contribution is 2.39. The summed E-state index contributed by atoms with van der Waals surface area (Å²) in [6, 6.07) is 12.0. The lowest BCUT2D eigenvalue weighted by atomic mass is 9.68. The van der Waals surface area contributed by atoms with E-state index in [9.17, 15) is 4.79 Å². The number of benzene rings is 1. The number of rotatable bonds is 5. The summed E-state index contributed by atoms with van der Waals surface area (Å²) in [4.78, 5) is 16.3. The Morgan fingerprint density at radius 3 is 2.65 bits per heavy atom. The van der Waals surface area contributed by atoms with Crippen LogP contribution in [0.2, 0.25) is 5.02 Å². The normalized spacial score (nSPS) is 22.3. The van der Waals surface area contributed by atoms with Crippen molar-refractivity contribution in [3.05, 3.63) is 64.9 Å². The fourth-order valence-electron chi connectivity index (χ4n) is 3.71. The van der Waals surface area contributed by atoms with Gasteiger partial charge in [0.05, 0.1) is 6.42 Å². The Balaban J connectivity index is 0.00000243. The zero-order valence-electron chi connectivity index (χ0n) is 14.7. The molecule has 0 radical (unpaired) electrons. The van der Waals surface area contributed by atoms with Crippen LogP contribution in [0.25, 0.3) is 0 Å². The van der Waals surface area contributed by atoms with Crippen LogP contribution in [0.5, 0.6) is 0 Å². The molecule has 3 rings (SSSR count). The summed E-state index contributed by atoms with van der Waals surface area (Å²) in [5.74, 6) is 0.0565. The molecule has 0 saturated heterocycles. The zero-order valence-corrected chi connectivity index (χ0v) is 16.2. The van der Waals surface area contributed by atoms with Crippen molar-refractivity contribution in [2.45, 2.75) is 43.6 Å². The summed E-state index contributed by atoms with van der Waals surface area (Å²) < 4.78 is 0. The SMILES string of the molecule is Cl.NC[C@]1(c2cccc(Cl)c2)CC[C@H](NC(=O)Cc2cccnc2)CC1. The Kier molecular flexibility index (Phi) is 7.44. The molecule has 1 aliphatic carbocycles. The third kappa shape index (κ3) is 4.97. The molecule has 1 heterocycles. The summed E-state index contributed by atoms with van der Waals surface area (Å²) in [7, 11) is 0. The quantitative estimate of drug-likeness (QED) is 0.814. The van der Waals surface area contributed by atoms with Crippen molar-refractivity contribution in [2.24, 2.45) is 5.73 Å². The van der Waals surface area contributed by atoms with E-state index >= 15 is 0 Å². The topological polar surface area (TPSA) is 68.0 Å². The summed E-state index contributed by atoms with van der Waals surface area (Å²) in [6.07, 6.45) is 7.61. The molecule has 1 amide bonds. The third-order valence-corrected chi connectivity index (χ3v) is 5.46. The van der Waals surface area contributed by atoms with Crippen molar-refractivity contribution >= 4 is 29.9 Å². The van der Waals surface area contributed by atoms with Crippen molar-refractivity contribution in [1.29, 1.82) is 0 Å². The van der Waals surface area contributed by atoms with Crippen LogP contribution in [0.3, 0.4) is 0 Å². The number of hydrogen-bond donors (Lipinski definition) is 2. The van der Waals surface area contributed by atoms with Gasteiger partial charge in [0.2, 0.25) is 5.91 Å². The minimum Gasteiger partial charge on any atom is -0.353 e. The molecule has 1 aromatic heterocycles. The lowest BCUT2D eigenvalue weighted by Crippen LogP contribution is -2.45. The number of nitrogens with two attached hydrogens (primary N) is 1. The summed E-state index contributed by atoms with van der Waals surface area (Å²) in [5.41, 5.74) is 8.25. The molecule has 0 unspecified atom stereocenters. The van der Waals surface area contributed by atoms with Gasteiger partial charge < -0.3 is 11.1 Å². The number of hydrogen-bond acceptors (Lipinski definition) is 3. The van der Waals surface area contributed by atoms with E-state index in [1.54, 1.807) is 12.4 Å². The summed E-state index contributed by atoms with van der Waals surface area (Å²) in [6.45, 7) is 0.601. The number of pyridine rings is 1. The van der Waals surface area contributed by atoms with Crippen LogP contribution in [-0.2, 0) is 16.6 Å². The fraction of sp³-hybridized carbons (Fsp3) is 0.400. The van der Waals surface area contributed by atoms with E-state index in [4.69, 9.17) is 17.3 Å². The van der Waals surface area contributed by atoms with Crippen molar-refractivity contribution in [1.82, 2.24) is 10.3 Å². The van der Waals surface area contributed by atoms with Crippen LogP contribution in [0.1, 0.15) is 36.8 Å². The predicted octanol–water partition coefficient (Wildman–Crippen LogP) is 3.65. The maximum atomic E-state index is 12.2. The van der Waals surface area contributed by atoms with E-state index < -0.39 is 0 Å². The average molecular weight is 394 g/mol. The Hall–Kier alpha value is -1.62. The maximum Gasteiger partial charge on any atom is 0.224 e. The smallest absolute Gasteiger partial charge is 0.224 e. The number of amides is 1. The van der Waals surface area contributed by atoms with Crippen LogP contribution in [-0.4, -0.2) is 23.5 Å². The van der Waals surface area contributed by atoms with Crippen LogP contribution in [0, 0.1) is 0 Å². The molecule has 1 aromatic carbocycles. The molecule has 2 aromatic rings. The predicted molar refractivity (Wildman–Crippen MR) is 108 cm³/mol. The number of nitrogens with zero attached hydrogens (tertiary/aromatic N) is 1. The highest BCUT2D eigenvalue weighted by Gasteiger charge is 2.36. The van der Waals surface area contributed by atoms with E-state index in [1.165, 1.54) is 5.56 Å². The van der Waals surface area contributed by atoms with Crippen molar-refractivity contribution in [3.63, 3.8) is 0 Å². The lowest BCUT2D eigenvalue weighted by Gasteiger charge is -2.40. The first-order valence-corrected chi connectivity index (χ1v) is 9.13. The molecule has 0 aliphatic heterocycles. The van der Waals surface area contributed by atoms with Crippen LogP contribution >= 0.6 is 24.0 Å². The van der Waals surface area contributed by atoms with Crippen LogP contribution in [0.15, 0.2) is 48.8 Å². The Morgan fingerprint density at radius 1 is 1.27 bits per heavy atom. The van der Waals surface area contributed by atoms with Crippen molar-refractivity contribution in [2.75, 3.05) is 6.54 Å². The average Bonchev–Trinajstić information content (AvgIpc) is 2.63. The standard InChI is InChI=1S/C20H24ClN3O.ClH/c21-17-5-1-4-16(12-17)20(14-22)8-6-18(7-9-20)24-19(25)11-15-3-2-10-23-13-15;/h1-5,10,12-13,18H,6-9,11,14,22H2,(H,24,25);1H/t18-,20-;. The molecule has 1 aliphatic rings. The van der Waals surface area contributed by atoms with E-state index in [1.807, 2.05) is 30.3 Å². The molecule has 0 bridgehead atoms. The van der Waals surface area contributed by atoms with Gasteiger partial charge >= 0.3 is 0 Å². The van der Waals surface area contributed by atoms with Gasteiger partial charge in [-0.25, -0.2) is 0 Å². The highest BCUT2D eigenvalue weighted by atomic mass is 35.5. The van der Waals surface area contributed by atoms with Gasteiger partial charge in [-0.05, 0) is 55.0 Å². The summed E-state index contributed by atoms with van der Waals surface area (Å²) in [5, 5.41) is 3.91. The molecule has 4 nitrogen and oxygen atoms in total. The second kappa shape index (κ2) is 9.36. The molecule has 140 valence electrons. The third-order valence-electron chi connectivity index (χ3n) is 5.22. The van der Waals surface area contributed by atoms with Gasteiger partial charge in [0, 0.05) is 35.4 Å². The Bertz CT molecular complexity index is 716. The van der Waals surface area contributed by atoms with Gasteiger partial charge in [0.25, 0.3) is 0 Å². The lowest BCUT2D eigenvalue weighted by molar-refractivity contribution is -0.121. The van der Waals surface area contributed by atoms with E-state index in [0.717, 1.165) is 36.3 Å².